The Bertz CT molecular complexity index is 1170. The van der Waals surface area contributed by atoms with Crippen molar-refractivity contribution < 1.29 is 9.21 Å². The average Bonchev–Trinajstić information content (AvgIpc) is 3.14. The number of fused-ring (bicyclic) bond motifs is 2. The van der Waals surface area contributed by atoms with Crippen LogP contribution in [0.25, 0.3) is 22.1 Å². The van der Waals surface area contributed by atoms with Crippen molar-refractivity contribution in [3.05, 3.63) is 63.9 Å². The number of benzene rings is 2. The first-order chi connectivity index (χ1) is 12.5. The smallest absolute Gasteiger partial charge is 0.408 e. The molecule has 8 heteroatoms. The number of likely N-dealkylation sites (N-methyl/N-ethyl adjacent to an activating group) is 1. The van der Waals surface area contributed by atoms with E-state index in [2.05, 4.69) is 9.97 Å². The number of rotatable bonds is 4. The molecule has 0 radical (unpaired) electrons. The summed E-state index contributed by atoms with van der Waals surface area (Å²) in [4.78, 5) is 33.6. The number of hydrogen-bond donors (Lipinski definition) is 1. The van der Waals surface area contributed by atoms with Crippen LogP contribution in [0.4, 0.5) is 0 Å². The summed E-state index contributed by atoms with van der Waals surface area (Å²) < 4.78 is 6.48. The molecular weight excluding hydrogens is 356 g/mol. The lowest BCUT2D eigenvalue weighted by Gasteiger charge is -2.15. The number of H-pyrrole nitrogens is 1. The molecule has 2 heterocycles. The molecule has 0 aliphatic heterocycles. The van der Waals surface area contributed by atoms with E-state index < -0.39 is 5.76 Å². The molecule has 4 rings (SSSR count). The van der Waals surface area contributed by atoms with Gasteiger partial charge in [0, 0.05) is 12.1 Å². The van der Waals surface area contributed by atoms with Crippen molar-refractivity contribution in [1.29, 1.82) is 0 Å². The van der Waals surface area contributed by atoms with E-state index in [1.54, 1.807) is 43.4 Å². The van der Waals surface area contributed by atoms with Crippen LogP contribution < -0.4 is 5.76 Å². The molecule has 26 heavy (non-hydrogen) atoms. The Labute approximate surface area is 152 Å². The number of carbonyl (C=O) groups excluding carboxylic acids is 1. The number of oxazole rings is 1. The Balaban J connectivity index is 1.53. The predicted molar refractivity (Wildman–Crippen MR) is 98.1 cm³/mol. The Kier molecular flexibility index (Phi) is 4.00. The molecule has 0 bridgehead atoms. The minimum absolute atomic E-state index is 0.0988. The summed E-state index contributed by atoms with van der Waals surface area (Å²) in [5.74, 6) is -0.133. The molecule has 0 saturated carbocycles. The third-order valence-electron chi connectivity index (χ3n) is 4.17. The first-order valence-corrected chi connectivity index (χ1v) is 8.35. The third-order valence-corrected chi connectivity index (χ3v) is 4.41. The van der Waals surface area contributed by atoms with Crippen LogP contribution in [0.5, 0.6) is 0 Å². The number of nitrogens with one attached hydrogen (secondary N) is 1. The topological polar surface area (TPSA) is 84.1 Å². The summed E-state index contributed by atoms with van der Waals surface area (Å²) in [5, 5.41) is 0.614. The summed E-state index contributed by atoms with van der Waals surface area (Å²) in [6.07, 6.45) is 0. The van der Waals surface area contributed by atoms with Gasteiger partial charge in [0.2, 0.25) is 5.91 Å². The Hall–Kier alpha value is -3.06. The lowest BCUT2D eigenvalue weighted by molar-refractivity contribution is -0.131. The van der Waals surface area contributed by atoms with Crippen molar-refractivity contribution in [2.75, 3.05) is 7.05 Å². The molecule has 0 saturated heterocycles. The zero-order valence-electron chi connectivity index (χ0n) is 13.9. The number of para-hydroxylation sites is 2. The van der Waals surface area contributed by atoms with Crippen LogP contribution in [0, 0.1) is 0 Å². The molecule has 1 amide bonds. The van der Waals surface area contributed by atoms with Crippen molar-refractivity contribution in [2.45, 2.75) is 13.1 Å². The highest BCUT2D eigenvalue weighted by Crippen LogP contribution is 2.18. The van der Waals surface area contributed by atoms with Crippen molar-refractivity contribution in [3.8, 4) is 0 Å². The number of amides is 1. The zero-order valence-corrected chi connectivity index (χ0v) is 14.7. The lowest BCUT2D eigenvalue weighted by Crippen LogP contribution is -2.32. The second kappa shape index (κ2) is 6.34. The highest BCUT2D eigenvalue weighted by atomic mass is 35.5. The Morgan fingerprint density at radius 1 is 1.31 bits per heavy atom. The van der Waals surface area contributed by atoms with E-state index in [9.17, 15) is 9.59 Å². The van der Waals surface area contributed by atoms with Gasteiger partial charge in [0.25, 0.3) is 0 Å². The fraction of sp³-hybridized carbons (Fsp3) is 0.167. The standard InChI is InChI=1S/C18H15ClN4O3/c1-22(9-16-20-12-7-6-11(19)8-13(12)21-16)17(24)10-23-14-4-2-3-5-15(14)26-18(23)25/h2-8H,9-10H2,1H3,(H,20,21). The molecule has 2 aromatic carbocycles. The molecule has 2 aromatic heterocycles. The lowest BCUT2D eigenvalue weighted by atomic mass is 10.3. The second-order valence-corrected chi connectivity index (χ2v) is 6.45. The SMILES string of the molecule is CN(Cc1nc2ccc(Cl)cc2[nH]1)C(=O)Cn1c(=O)oc2ccccc21. The number of aromatic nitrogens is 3. The minimum Gasteiger partial charge on any atom is -0.408 e. The number of aromatic amines is 1. The zero-order chi connectivity index (χ0) is 18.3. The maximum Gasteiger partial charge on any atom is 0.420 e. The molecule has 4 aromatic rings. The molecule has 0 aliphatic rings. The van der Waals surface area contributed by atoms with Gasteiger partial charge in [-0.2, -0.15) is 0 Å². The predicted octanol–water partition coefficient (Wildman–Crippen LogP) is 2.78. The van der Waals surface area contributed by atoms with Gasteiger partial charge >= 0.3 is 5.76 Å². The third kappa shape index (κ3) is 2.97. The number of halogens is 1. The van der Waals surface area contributed by atoms with Gasteiger partial charge in [-0.3, -0.25) is 9.36 Å². The van der Waals surface area contributed by atoms with Crippen molar-refractivity contribution in [1.82, 2.24) is 19.4 Å². The Morgan fingerprint density at radius 2 is 2.12 bits per heavy atom. The van der Waals surface area contributed by atoms with Crippen molar-refractivity contribution >= 4 is 39.6 Å². The highest BCUT2D eigenvalue weighted by Gasteiger charge is 2.16. The summed E-state index contributed by atoms with van der Waals surface area (Å²) in [7, 11) is 1.66. The molecule has 0 unspecified atom stereocenters. The quantitative estimate of drug-likeness (QED) is 0.598. The second-order valence-electron chi connectivity index (χ2n) is 6.02. The summed E-state index contributed by atoms with van der Waals surface area (Å²) in [6, 6.07) is 12.4. The molecule has 0 atom stereocenters. The fourth-order valence-electron chi connectivity index (χ4n) is 2.84. The largest absolute Gasteiger partial charge is 0.420 e. The first kappa shape index (κ1) is 16.4. The van der Waals surface area contributed by atoms with Crippen LogP contribution in [0.2, 0.25) is 5.02 Å². The van der Waals surface area contributed by atoms with E-state index in [-0.39, 0.29) is 19.0 Å². The molecule has 132 valence electrons. The van der Waals surface area contributed by atoms with Crippen molar-refractivity contribution in [3.63, 3.8) is 0 Å². The maximum atomic E-state index is 12.5. The minimum atomic E-state index is -0.550. The van der Waals surface area contributed by atoms with Crippen LogP contribution in [-0.2, 0) is 17.9 Å². The van der Waals surface area contributed by atoms with E-state index in [1.807, 2.05) is 6.07 Å². The molecule has 0 spiro atoms. The number of carbonyl (C=O) groups is 1. The number of imidazole rings is 1. The van der Waals surface area contributed by atoms with Gasteiger partial charge in [0.05, 0.1) is 23.1 Å². The first-order valence-electron chi connectivity index (χ1n) is 7.98. The van der Waals surface area contributed by atoms with Gasteiger partial charge in [-0.05, 0) is 30.3 Å². The molecule has 1 N–H and O–H groups in total. The molecule has 0 aliphatic carbocycles. The van der Waals surface area contributed by atoms with E-state index >= 15 is 0 Å². The van der Waals surface area contributed by atoms with Crippen molar-refractivity contribution in [2.24, 2.45) is 0 Å². The van der Waals surface area contributed by atoms with E-state index in [0.717, 1.165) is 11.0 Å². The summed E-state index contributed by atoms with van der Waals surface area (Å²) >= 11 is 5.97. The van der Waals surface area contributed by atoms with E-state index in [0.29, 0.717) is 21.9 Å². The van der Waals surface area contributed by atoms with E-state index in [4.69, 9.17) is 16.0 Å². The van der Waals surface area contributed by atoms with E-state index in [1.165, 1.54) is 9.47 Å². The van der Waals surface area contributed by atoms with Gasteiger partial charge < -0.3 is 14.3 Å². The van der Waals surface area contributed by atoms with Crippen LogP contribution in [0.15, 0.2) is 51.7 Å². The summed E-state index contributed by atoms with van der Waals surface area (Å²) in [6.45, 7) is 0.189. The van der Waals surface area contributed by atoms with Gasteiger partial charge in [0.1, 0.15) is 12.4 Å². The monoisotopic (exact) mass is 370 g/mol. The van der Waals surface area contributed by atoms with Gasteiger partial charge in [-0.1, -0.05) is 23.7 Å². The highest BCUT2D eigenvalue weighted by molar-refractivity contribution is 6.31. The maximum absolute atomic E-state index is 12.5. The normalized spacial score (nSPS) is 11.3. The molecule has 0 fully saturated rings. The van der Waals surface area contributed by atoms with Crippen LogP contribution in [0.3, 0.4) is 0 Å². The van der Waals surface area contributed by atoms with Gasteiger partial charge in [0.15, 0.2) is 5.58 Å². The molecule has 7 nitrogen and oxygen atoms in total. The fourth-order valence-corrected chi connectivity index (χ4v) is 3.01. The number of hydrogen-bond acceptors (Lipinski definition) is 4. The van der Waals surface area contributed by atoms with Gasteiger partial charge in [-0.15, -0.1) is 0 Å². The average molecular weight is 371 g/mol. The van der Waals surface area contributed by atoms with Crippen LogP contribution >= 0.6 is 11.6 Å². The van der Waals surface area contributed by atoms with Gasteiger partial charge in [-0.25, -0.2) is 9.78 Å². The summed E-state index contributed by atoms with van der Waals surface area (Å²) in [5.41, 5.74) is 2.65. The van der Waals surface area contributed by atoms with Crippen LogP contribution in [0.1, 0.15) is 5.82 Å². The number of nitrogens with zero attached hydrogens (tertiary/aromatic N) is 3. The van der Waals surface area contributed by atoms with Crippen LogP contribution in [-0.4, -0.2) is 32.4 Å². The Morgan fingerprint density at radius 3 is 2.96 bits per heavy atom. The molecular formula is C18H15ClN4O3.